The maximum Gasteiger partial charge on any atom is 0.330 e. The minimum Gasteiger partial charge on any atom is -0.479 e. The SMILES string of the molecule is CC(=O)NC1(C(=O)O)CCCN(C)C1. The number of aliphatic carboxylic acids is 1. The topological polar surface area (TPSA) is 69.6 Å². The molecule has 5 nitrogen and oxygen atoms in total. The van der Waals surface area contributed by atoms with Crippen molar-refractivity contribution in [3.63, 3.8) is 0 Å². The summed E-state index contributed by atoms with van der Waals surface area (Å²) < 4.78 is 0. The number of rotatable bonds is 2. The van der Waals surface area contributed by atoms with Crippen molar-refractivity contribution in [1.82, 2.24) is 10.2 Å². The van der Waals surface area contributed by atoms with Gasteiger partial charge in [0.1, 0.15) is 0 Å². The molecule has 0 aliphatic carbocycles. The highest BCUT2D eigenvalue weighted by Gasteiger charge is 2.42. The van der Waals surface area contributed by atoms with E-state index in [1.165, 1.54) is 6.92 Å². The van der Waals surface area contributed by atoms with E-state index in [9.17, 15) is 9.59 Å². The van der Waals surface area contributed by atoms with Gasteiger partial charge in [-0.05, 0) is 26.4 Å². The summed E-state index contributed by atoms with van der Waals surface area (Å²) in [6, 6.07) is 0. The standard InChI is InChI=1S/C9H16N2O3/c1-7(12)10-9(8(13)14)4-3-5-11(2)6-9/h3-6H2,1-2H3,(H,10,12)(H,13,14). The van der Waals surface area contributed by atoms with E-state index in [-0.39, 0.29) is 5.91 Å². The molecular weight excluding hydrogens is 184 g/mol. The molecule has 1 rings (SSSR count). The number of carbonyl (C=O) groups excluding carboxylic acids is 1. The molecule has 14 heavy (non-hydrogen) atoms. The zero-order valence-corrected chi connectivity index (χ0v) is 8.54. The minimum atomic E-state index is -1.08. The number of nitrogens with zero attached hydrogens (tertiary/aromatic N) is 1. The second-order valence-corrected chi connectivity index (χ2v) is 3.91. The van der Waals surface area contributed by atoms with Gasteiger partial charge in [0.2, 0.25) is 5.91 Å². The lowest BCUT2D eigenvalue weighted by Crippen LogP contribution is -2.62. The van der Waals surface area contributed by atoms with Crippen molar-refractivity contribution < 1.29 is 14.7 Å². The number of carbonyl (C=O) groups is 2. The van der Waals surface area contributed by atoms with Crippen molar-refractivity contribution in [2.75, 3.05) is 20.1 Å². The highest BCUT2D eigenvalue weighted by molar-refractivity contribution is 5.86. The maximum absolute atomic E-state index is 11.1. The van der Waals surface area contributed by atoms with Gasteiger partial charge >= 0.3 is 5.97 Å². The third kappa shape index (κ3) is 2.23. The predicted molar refractivity (Wildman–Crippen MR) is 50.9 cm³/mol. The van der Waals surface area contributed by atoms with Gasteiger partial charge in [-0.15, -0.1) is 0 Å². The Hall–Kier alpha value is -1.10. The van der Waals surface area contributed by atoms with E-state index in [0.717, 1.165) is 13.0 Å². The summed E-state index contributed by atoms with van der Waals surface area (Å²) >= 11 is 0. The lowest BCUT2D eigenvalue weighted by Gasteiger charge is -2.38. The molecule has 5 heteroatoms. The fourth-order valence-electron chi connectivity index (χ4n) is 1.94. The van der Waals surface area contributed by atoms with E-state index in [1.807, 2.05) is 11.9 Å². The zero-order valence-electron chi connectivity index (χ0n) is 8.54. The second kappa shape index (κ2) is 3.96. The molecule has 2 N–H and O–H groups in total. The molecule has 1 heterocycles. The summed E-state index contributed by atoms with van der Waals surface area (Å²) in [5, 5.41) is 11.7. The van der Waals surface area contributed by atoms with Gasteiger partial charge in [-0.2, -0.15) is 0 Å². The molecular formula is C9H16N2O3. The molecule has 0 aromatic heterocycles. The number of likely N-dealkylation sites (tertiary alicyclic amines) is 1. The smallest absolute Gasteiger partial charge is 0.330 e. The zero-order chi connectivity index (χ0) is 10.8. The van der Waals surface area contributed by atoms with Crippen LogP contribution in [0, 0.1) is 0 Å². The Morgan fingerprint density at radius 3 is 2.57 bits per heavy atom. The molecule has 0 aromatic carbocycles. The van der Waals surface area contributed by atoms with Crippen molar-refractivity contribution in [1.29, 1.82) is 0 Å². The van der Waals surface area contributed by atoms with Crippen LogP contribution in [0.25, 0.3) is 0 Å². The van der Waals surface area contributed by atoms with Gasteiger partial charge in [0.15, 0.2) is 5.54 Å². The van der Waals surface area contributed by atoms with Crippen LogP contribution in [0.1, 0.15) is 19.8 Å². The number of hydrogen-bond acceptors (Lipinski definition) is 3. The molecule has 1 aliphatic heterocycles. The van der Waals surface area contributed by atoms with E-state index in [1.54, 1.807) is 0 Å². The van der Waals surface area contributed by atoms with Crippen LogP contribution < -0.4 is 5.32 Å². The van der Waals surface area contributed by atoms with Crippen LogP contribution >= 0.6 is 0 Å². The second-order valence-electron chi connectivity index (χ2n) is 3.91. The van der Waals surface area contributed by atoms with Gasteiger partial charge in [-0.1, -0.05) is 0 Å². The fourth-order valence-corrected chi connectivity index (χ4v) is 1.94. The van der Waals surface area contributed by atoms with Crippen molar-refractivity contribution in [3.8, 4) is 0 Å². The molecule has 0 aromatic rings. The van der Waals surface area contributed by atoms with Crippen LogP contribution in [0.15, 0.2) is 0 Å². The van der Waals surface area contributed by atoms with Gasteiger partial charge in [0.05, 0.1) is 0 Å². The molecule has 1 atom stereocenters. The first-order valence-electron chi connectivity index (χ1n) is 4.67. The Bertz CT molecular complexity index is 254. The molecule has 1 fully saturated rings. The summed E-state index contributed by atoms with van der Waals surface area (Å²) in [4.78, 5) is 24.0. The van der Waals surface area contributed by atoms with Gasteiger partial charge in [-0.25, -0.2) is 4.79 Å². The molecule has 0 radical (unpaired) electrons. The van der Waals surface area contributed by atoms with Crippen LogP contribution in [-0.4, -0.2) is 47.6 Å². The first-order valence-corrected chi connectivity index (χ1v) is 4.67. The lowest BCUT2D eigenvalue weighted by molar-refractivity contribution is -0.149. The molecule has 0 spiro atoms. The van der Waals surface area contributed by atoms with Gasteiger partial charge < -0.3 is 15.3 Å². The molecule has 1 amide bonds. The summed E-state index contributed by atoms with van der Waals surface area (Å²) in [7, 11) is 1.86. The van der Waals surface area contributed by atoms with Crippen LogP contribution in [0.5, 0.6) is 0 Å². The average Bonchev–Trinajstić information content (AvgIpc) is 2.02. The molecule has 1 unspecified atom stereocenters. The summed E-state index contributed by atoms with van der Waals surface area (Å²) in [5.74, 6) is -1.23. The van der Waals surface area contributed by atoms with Crippen LogP contribution in [0.2, 0.25) is 0 Å². The first-order chi connectivity index (χ1) is 6.46. The average molecular weight is 200 g/mol. The number of amides is 1. The lowest BCUT2D eigenvalue weighted by atomic mass is 9.89. The van der Waals surface area contributed by atoms with Crippen molar-refractivity contribution in [2.24, 2.45) is 0 Å². The third-order valence-electron chi connectivity index (χ3n) is 2.51. The van der Waals surface area contributed by atoms with Gasteiger partial charge in [-0.3, -0.25) is 4.79 Å². The van der Waals surface area contributed by atoms with Crippen LogP contribution in [0.3, 0.4) is 0 Å². The van der Waals surface area contributed by atoms with Crippen LogP contribution in [0.4, 0.5) is 0 Å². The number of carboxylic acids is 1. The first kappa shape index (κ1) is 11.0. The maximum atomic E-state index is 11.1. The fraction of sp³-hybridized carbons (Fsp3) is 0.778. The number of hydrogen-bond donors (Lipinski definition) is 2. The monoisotopic (exact) mass is 200 g/mol. The Labute approximate surface area is 83.1 Å². The van der Waals surface area contributed by atoms with Gasteiger partial charge in [0, 0.05) is 13.5 Å². The highest BCUT2D eigenvalue weighted by Crippen LogP contribution is 2.20. The Morgan fingerprint density at radius 1 is 1.50 bits per heavy atom. The Balaban J connectivity index is 2.80. The van der Waals surface area contributed by atoms with Crippen molar-refractivity contribution in [3.05, 3.63) is 0 Å². The third-order valence-corrected chi connectivity index (χ3v) is 2.51. The minimum absolute atomic E-state index is 0.289. The Morgan fingerprint density at radius 2 is 2.14 bits per heavy atom. The normalized spacial score (nSPS) is 28.4. The van der Waals surface area contributed by atoms with Gasteiger partial charge in [0.25, 0.3) is 0 Å². The largest absolute Gasteiger partial charge is 0.479 e. The van der Waals surface area contributed by atoms with Crippen LogP contribution in [-0.2, 0) is 9.59 Å². The summed E-state index contributed by atoms with van der Waals surface area (Å²) in [6.07, 6.45) is 1.30. The number of nitrogens with one attached hydrogen (secondary N) is 1. The van der Waals surface area contributed by atoms with E-state index < -0.39 is 11.5 Å². The number of carboxylic acid groups (broad SMARTS) is 1. The van der Waals surface area contributed by atoms with E-state index in [4.69, 9.17) is 5.11 Å². The molecule has 0 bridgehead atoms. The summed E-state index contributed by atoms with van der Waals surface area (Å²) in [5.41, 5.74) is -1.08. The number of piperidine rings is 1. The molecule has 0 saturated carbocycles. The Kier molecular flexibility index (Phi) is 3.10. The molecule has 1 aliphatic rings. The van der Waals surface area contributed by atoms with E-state index >= 15 is 0 Å². The highest BCUT2D eigenvalue weighted by atomic mass is 16.4. The summed E-state index contributed by atoms with van der Waals surface area (Å²) in [6.45, 7) is 2.61. The van der Waals surface area contributed by atoms with Crippen molar-refractivity contribution >= 4 is 11.9 Å². The molecule has 80 valence electrons. The van der Waals surface area contributed by atoms with Crippen molar-refractivity contribution in [2.45, 2.75) is 25.3 Å². The quantitative estimate of drug-likeness (QED) is 0.640. The van der Waals surface area contributed by atoms with E-state index in [0.29, 0.717) is 13.0 Å². The molecule has 1 saturated heterocycles. The predicted octanol–water partition coefficient (Wildman–Crippen LogP) is -0.328. The number of likely N-dealkylation sites (N-methyl/N-ethyl adjacent to an activating group) is 1. The van der Waals surface area contributed by atoms with E-state index in [2.05, 4.69) is 5.32 Å².